The van der Waals surface area contributed by atoms with E-state index < -0.39 is 0 Å². The van der Waals surface area contributed by atoms with E-state index in [0.717, 1.165) is 34.8 Å². The van der Waals surface area contributed by atoms with E-state index in [4.69, 9.17) is 0 Å². The molecule has 2 aromatic carbocycles. The van der Waals surface area contributed by atoms with Gasteiger partial charge in [0, 0.05) is 29.3 Å². The third kappa shape index (κ3) is 4.61. The first-order valence-electron chi connectivity index (χ1n) is 12.1. The van der Waals surface area contributed by atoms with Crippen molar-refractivity contribution in [2.24, 2.45) is 23.2 Å². The van der Waals surface area contributed by atoms with Crippen molar-refractivity contribution in [3.05, 3.63) is 66.4 Å². The number of carbonyl (C=O) groups excluding carboxylic acids is 1. The summed E-state index contributed by atoms with van der Waals surface area (Å²) in [5.74, 6) is 2.23. The molecule has 6 rings (SSSR count). The molecule has 4 aliphatic carbocycles. The van der Waals surface area contributed by atoms with Gasteiger partial charge in [0.1, 0.15) is 11.6 Å². The summed E-state index contributed by atoms with van der Waals surface area (Å²) in [6.07, 6.45) is 9.35. The molecule has 33 heavy (non-hydrogen) atoms. The largest absolute Gasteiger partial charge is 0.360 e. The third-order valence-electron chi connectivity index (χ3n) is 8.05. The van der Waals surface area contributed by atoms with Gasteiger partial charge in [-0.15, -0.1) is 0 Å². The number of nitrogens with zero attached hydrogens (tertiary/aromatic N) is 1. The lowest BCUT2D eigenvalue weighted by atomic mass is 9.48. The van der Waals surface area contributed by atoms with Crippen molar-refractivity contribution < 1.29 is 4.79 Å². The van der Waals surface area contributed by atoms with Gasteiger partial charge in [-0.25, -0.2) is 0 Å². The lowest BCUT2D eigenvalue weighted by Crippen LogP contribution is -2.56. The van der Waals surface area contributed by atoms with Crippen molar-refractivity contribution >= 4 is 23.0 Å². The molecular formula is C28H32N4O. The van der Waals surface area contributed by atoms with Crippen LogP contribution in [-0.2, 0) is 4.79 Å². The number of carbonyl (C=O) groups is 1. The van der Waals surface area contributed by atoms with E-state index in [9.17, 15) is 10.1 Å². The zero-order chi connectivity index (χ0) is 22.8. The lowest BCUT2D eigenvalue weighted by Gasteiger charge is -2.59. The molecule has 0 heterocycles. The van der Waals surface area contributed by atoms with Gasteiger partial charge in [-0.3, -0.25) is 4.79 Å². The molecule has 1 amide bonds. The normalized spacial score (nSPS) is 28.6. The summed E-state index contributed by atoms with van der Waals surface area (Å²) < 4.78 is 0. The summed E-state index contributed by atoms with van der Waals surface area (Å²) in [5.41, 5.74) is 3.15. The van der Waals surface area contributed by atoms with Crippen LogP contribution in [0.4, 0.5) is 17.1 Å². The molecule has 2 aromatic rings. The molecule has 0 aliphatic heterocycles. The SMILES string of the molecule is CC(NC(=O)/C(C#N)=C\Nc1ccc(Nc2ccccc2)cc1)C12CC3CC(CC(C3)C1)C2. The second-order valence-corrected chi connectivity index (χ2v) is 10.4. The highest BCUT2D eigenvalue weighted by atomic mass is 16.1. The number of rotatable bonds is 7. The molecule has 0 spiro atoms. The molecule has 4 bridgehead atoms. The Labute approximate surface area is 196 Å². The average molecular weight is 441 g/mol. The highest BCUT2D eigenvalue weighted by molar-refractivity contribution is 5.97. The summed E-state index contributed by atoms with van der Waals surface area (Å²) in [6, 6.07) is 19.9. The first kappa shape index (κ1) is 21.6. The summed E-state index contributed by atoms with van der Waals surface area (Å²) in [6.45, 7) is 2.14. The van der Waals surface area contributed by atoms with Crippen LogP contribution in [0.5, 0.6) is 0 Å². The van der Waals surface area contributed by atoms with Crippen molar-refractivity contribution in [2.45, 2.75) is 51.5 Å². The first-order chi connectivity index (χ1) is 16.0. The number of benzene rings is 2. The van der Waals surface area contributed by atoms with E-state index in [-0.39, 0.29) is 22.9 Å². The Hall–Kier alpha value is -3.26. The predicted octanol–water partition coefficient (Wildman–Crippen LogP) is 5.97. The van der Waals surface area contributed by atoms with Crippen LogP contribution in [0.2, 0.25) is 0 Å². The summed E-state index contributed by atoms with van der Waals surface area (Å²) in [5, 5.41) is 19.2. The molecule has 0 aromatic heterocycles. The molecule has 3 N–H and O–H groups in total. The molecular weight excluding hydrogens is 408 g/mol. The van der Waals surface area contributed by atoms with E-state index in [2.05, 4.69) is 28.9 Å². The Morgan fingerprint density at radius 3 is 2.06 bits per heavy atom. The van der Waals surface area contributed by atoms with E-state index >= 15 is 0 Å². The topological polar surface area (TPSA) is 77.0 Å². The van der Waals surface area contributed by atoms with Gasteiger partial charge in [-0.05, 0) is 105 Å². The molecule has 0 saturated heterocycles. The molecule has 5 heteroatoms. The molecule has 4 fully saturated rings. The minimum absolute atomic E-state index is 0.0958. The zero-order valence-electron chi connectivity index (χ0n) is 19.2. The summed E-state index contributed by atoms with van der Waals surface area (Å²) >= 11 is 0. The fraction of sp³-hybridized carbons (Fsp3) is 0.429. The van der Waals surface area contributed by atoms with Gasteiger partial charge in [0.05, 0.1) is 0 Å². The van der Waals surface area contributed by atoms with Crippen molar-refractivity contribution in [2.75, 3.05) is 10.6 Å². The lowest BCUT2D eigenvalue weighted by molar-refractivity contribution is -0.122. The summed E-state index contributed by atoms with van der Waals surface area (Å²) in [7, 11) is 0. The highest BCUT2D eigenvalue weighted by Gasteiger charge is 2.53. The van der Waals surface area contributed by atoms with E-state index in [1.807, 2.05) is 54.6 Å². The maximum Gasteiger partial charge on any atom is 0.263 e. The average Bonchev–Trinajstić information content (AvgIpc) is 2.80. The van der Waals surface area contributed by atoms with Crippen molar-refractivity contribution in [3.8, 4) is 6.07 Å². The second kappa shape index (κ2) is 8.94. The fourth-order valence-electron chi connectivity index (χ4n) is 6.78. The van der Waals surface area contributed by atoms with Crippen LogP contribution in [0.15, 0.2) is 66.4 Å². The van der Waals surface area contributed by atoms with Crippen LogP contribution < -0.4 is 16.0 Å². The van der Waals surface area contributed by atoms with Crippen molar-refractivity contribution in [1.29, 1.82) is 5.26 Å². The quantitative estimate of drug-likeness (QED) is 0.366. The Balaban J connectivity index is 1.19. The Bertz CT molecular complexity index is 1030. The first-order valence-corrected chi connectivity index (χ1v) is 12.1. The van der Waals surface area contributed by atoms with Gasteiger partial charge < -0.3 is 16.0 Å². The van der Waals surface area contributed by atoms with Crippen LogP contribution in [0, 0.1) is 34.5 Å². The number of nitrogens with one attached hydrogen (secondary N) is 3. The van der Waals surface area contributed by atoms with Gasteiger partial charge in [0.25, 0.3) is 5.91 Å². The Kier molecular flexibility index (Phi) is 5.85. The second-order valence-electron chi connectivity index (χ2n) is 10.4. The van der Waals surface area contributed by atoms with Gasteiger partial charge in [0.2, 0.25) is 0 Å². The standard InChI is InChI=1S/C28H32N4O/c1-19(28-14-20-11-21(15-28)13-22(12-20)16-28)31-27(33)23(17-29)18-30-24-7-9-26(10-8-24)32-25-5-3-2-4-6-25/h2-10,18-22,30,32H,11-16H2,1H3,(H,31,33)/b23-18-. The minimum Gasteiger partial charge on any atom is -0.360 e. The van der Waals surface area contributed by atoms with Crippen molar-refractivity contribution in [3.63, 3.8) is 0 Å². The van der Waals surface area contributed by atoms with Gasteiger partial charge in [0.15, 0.2) is 0 Å². The molecule has 170 valence electrons. The number of hydrogen-bond donors (Lipinski definition) is 3. The predicted molar refractivity (Wildman–Crippen MR) is 132 cm³/mol. The van der Waals surface area contributed by atoms with Gasteiger partial charge in [-0.2, -0.15) is 5.26 Å². The monoisotopic (exact) mass is 440 g/mol. The fourth-order valence-corrected chi connectivity index (χ4v) is 6.78. The van der Waals surface area contributed by atoms with Crippen LogP contribution in [0.1, 0.15) is 45.4 Å². The molecule has 5 nitrogen and oxygen atoms in total. The number of anilines is 3. The van der Waals surface area contributed by atoms with Gasteiger partial charge >= 0.3 is 0 Å². The molecule has 4 aliphatic rings. The van der Waals surface area contributed by atoms with Crippen LogP contribution in [-0.4, -0.2) is 11.9 Å². The molecule has 1 atom stereocenters. The third-order valence-corrected chi connectivity index (χ3v) is 8.05. The van der Waals surface area contributed by atoms with Gasteiger partial charge in [-0.1, -0.05) is 18.2 Å². The van der Waals surface area contributed by atoms with Crippen LogP contribution in [0.25, 0.3) is 0 Å². The maximum absolute atomic E-state index is 12.9. The van der Waals surface area contributed by atoms with E-state index in [0.29, 0.717) is 0 Å². The van der Waals surface area contributed by atoms with Crippen molar-refractivity contribution in [1.82, 2.24) is 5.32 Å². The minimum atomic E-state index is -0.282. The molecule has 4 saturated carbocycles. The maximum atomic E-state index is 12.9. The van der Waals surface area contributed by atoms with E-state index in [1.165, 1.54) is 44.7 Å². The van der Waals surface area contributed by atoms with Crippen LogP contribution >= 0.6 is 0 Å². The smallest absolute Gasteiger partial charge is 0.263 e. The Morgan fingerprint density at radius 1 is 0.939 bits per heavy atom. The molecule has 1 unspecified atom stereocenters. The van der Waals surface area contributed by atoms with Crippen LogP contribution in [0.3, 0.4) is 0 Å². The zero-order valence-corrected chi connectivity index (χ0v) is 19.2. The Morgan fingerprint density at radius 2 is 1.48 bits per heavy atom. The number of amides is 1. The number of para-hydroxylation sites is 1. The number of hydrogen-bond acceptors (Lipinski definition) is 4. The van der Waals surface area contributed by atoms with E-state index in [1.54, 1.807) is 0 Å². The number of nitriles is 1. The highest BCUT2D eigenvalue weighted by Crippen LogP contribution is 2.61. The summed E-state index contributed by atoms with van der Waals surface area (Å²) in [4.78, 5) is 12.9. The molecule has 0 radical (unpaired) electrons.